The molecule has 17 rings (SSSR count). The van der Waals surface area contributed by atoms with E-state index >= 15 is 0 Å². The van der Waals surface area contributed by atoms with Crippen LogP contribution in [0, 0.1) is 82.3 Å². The molecule has 15 aliphatic rings. The number of halogens is 8. The highest BCUT2D eigenvalue weighted by molar-refractivity contribution is 7.90. The lowest BCUT2D eigenvalue weighted by Crippen LogP contribution is -2.63. The second kappa shape index (κ2) is 34.5. The minimum atomic E-state index is -6.98. The Morgan fingerprint density at radius 3 is 1.06 bits per heavy atom. The first kappa shape index (κ1) is 90.2. The van der Waals surface area contributed by atoms with Crippen molar-refractivity contribution < 1.29 is 151 Å². The van der Waals surface area contributed by atoms with Gasteiger partial charge in [0.25, 0.3) is 10.0 Å². The summed E-state index contributed by atoms with van der Waals surface area (Å²) in [7, 11) is -28.7. The van der Waals surface area contributed by atoms with Crippen molar-refractivity contribution in [1.29, 1.82) is 0 Å². The molecule has 115 heavy (non-hydrogen) atoms. The Morgan fingerprint density at radius 2 is 0.739 bits per heavy atom. The molecule has 0 atom stereocenters. The standard InChI is InChI=1S/C30H38O8S.C24H34O8S.C13H18F2O5S.C8H11F6NO5S2/c1-29(22-5-16-3-17(7-22)8-23(29)6-16)36-27(31)20-13-21(15-26(14-20)38-39(33,34)35)28(32)37-30(2)24-9-18-4-19(11-24)12-25(30)10-18;25-23(30-13-11-18-7-3-1-4-8-18)20-15-21(17-22(16-20)32-33(27,28)29)24(26)31-14-12-19-9-5-2-6-10-19;14-13(15,21(17,18)19)11(16)20-7-12-4-8-1-9(5-12)3-10(2-8)6-12;9-6(10,8(13,14)22(18,19)20)7(11,12)21(16,17)15-4-2-1-3-5-15/h13-19,22-25H,3-12H2,1-2H3,(H,33,34,35);15-19H,1-14H2,(H,27,28,29);8-10H,1-7H2,(H,17,18,19);1-5H2,(H,18,19,20). The Hall–Kier alpha value is -5.62. The zero-order chi connectivity index (χ0) is 84.1. The van der Waals surface area contributed by atoms with Gasteiger partial charge >= 0.3 is 92.6 Å². The number of ether oxygens (including phenoxy) is 5. The lowest BCUT2D eigenvalue weighted by molar-refractivity contribution is -0.246. The molecule has 1 saturated heterocycles. The smallest absolute Gasteiger partial charge is 0.462 e. The van der Waals surface area contributed by atoms with Crippen LogP contribution in [0.1, 0.15) is 254 Å². The van der Waals surface area contributed by atoms with E-state index < -0.39 is 127 Å². The molecule has 0 aromatic heterocycles. The Balaban J connectivity index is 0.000000156. The van der Waals surface area contributed by atoms with Crippen LogP contribution in [0.3, 0.4) is 0 Å². The van der Waals surface area contributed by atoms with E-state index in [0.717, 1.165) is 141 Å². The number of alkyl halides is 8. The van der Waals surface area contributed by atoms with Crippen LogP contribution in [-0.2, 0) is 79.5 Å². The minimum absolute atomic E-state index is 0.00775. The summed E-state index contributed by atoms with van der Waals surface area (Å²) < 4.78 is 287. The molecule has 4 N–H and O–H groups in total. The van der Waals surface area contributed by atoms with Gasteiger partial charge in [-0.05, 0) is 256 Å². The Bertz CT molecular complexity index is 4290. The zero-order valence-corrected chi connectivity index (χ0v) is 67.8. The number of hydrogen-bond donors (Lipinski definition) is 4. The lowest BCUT2D eigenvalue weighted by atomic mass is 9.50. The van der Waals surface area contributed by atoms with Gasteiger partial charge < -0.3 is 32.1 Å². The van der Waals surface area contributed by atoms with E-state index in [9.17, 15) is 106 Å². The fourth-order valence-corrected chi connectivity index (χ4v) is 24.5. The van der Waals surface area contributed by atoms with Crippen molar-refractivity contribution in [2.45, 2.75) is 246 Å². The summed E-state index contributed by atoms with van der Waals surface area (Å²) in [5, 5.41) is -18.0. The summed E-state index contributed by atoms with van der Waals surface area (Å²) in [5.41, 5.74) is -1.54. The van der Waals surface area contributed by atoms with Crippen molar-refractivity contribution in [2.75, 3.05) is 32.9 Å². The summed E-state index contributed by atoms with van der Waals surface area (Å²) in [4.78, 5) is 63.5. The van der Waals surface area contributed by atoms with Gasteiger partial charge in [0.2, 0.25) is 0 Å². The van der Waals surface area contributed by atoms with Crippen molar-refractivity contribution in [3.05, 3.63) is 58.7 Å². The van der Waals surface area contributed by atoms with E-state index in [1.807, 2.05) is 13.8 Å². The van der Waals surface area contributed by atoms with E-state index in [-0.39, 0.29) is 76.1 Å². The third-order valence-electron chi connectivity index (χ3n) is 26.5. The highest BCUT2D eigenvalue weighted by atomic mass is 32.3. The van der Waals surface area contributed by atoms with Crippen LogP contribution in [0.25, 0.3) is 0 Å². The molecule has 15 fully saturated rings. The molecule has 2 aromatic carbocycles. The summed E-state index contributed by atoms with van der Waals surface area (Å²) in [6, 6.07) is 7.35. The molecule has 27 nitrogen and oxygen atoms in total. The largest absolute Gasteiger partial charge is 0.465 e. The number of esters is 5. The Morgan fingerprint density at radius 1 is 0.417 bits per heavy atom. The Labute approximate surface area is 664 Å². The van der Waals surface area contributed by atoms with Gasteiger partial charge in [-0.3, -0.25) is 18.2 Å². The SMILES string of the molecule is CC1(OC(=O)c2cc(OS(=O)(=O)O)cc(C(=O)OC3(C)C4CC5CC(C4)CC3C5)c2)C2CC3CC(C2)CC1C3.O=C(OCC12CC3CC(CC(C3)C1)C2)C(F)(F)S(=O)(=O)O.O=C(OCCC1CCCCC1)c1cc(OS(=O)(=O)O)cc(C(=O)OCCC2CCCCC2)c1.O=S(=O)(O)C(F)(F)C(F)(F)C(F)(F)S(=O)(=O)N1CCCCC1. The average molecular weight is 1740 g/mol. The molecule has 0 radical (unpaired) electrons. The fourth-order valence-electron chi connectivity index (χ4n) is 21.5. The van der Waals surface area contributed by atoms with E-state index in [1.54, 1.807) is 0 Å². The minimum Gasteiger partial charge on any atom is -0.462 e. The third kappa shape index (κ3) is 20.5. The van der Waals surface area contributed by atoms with E-state index in [2.05, 4.69) is 8.92 Å². The maximum atomic E-state index is 13.6. The molecule has 1 heterocycles. The van der Waals surface area contributed by atoms with Gasteiger partial charge in [-0.1, -0.05) is 70.6 Å². The molecule has 648 valence electrons. The highest BCUT2D eigenvalue weighted by Crippen LogP contribution is 2.63. The van der Waals surface area contributed by atoms with Gasteiger partial charge in [-0.2, -0.15) is 73.1 Å². The quantitative estimate of drug-likeness (QED) is 0.0310. The molecule has 14 aliphatic carbocycles. The van der Waals surface area contributed by atoms with Crippen molar-refractivity contribution in [3.63, 3.8) is 0 Å². The van der Waals surface area contributed by atoms with Gasteiger partial charge in [0.1, 0.15) is 22.7 Å². The predicted octanol–water partition coefficient (Wildman–Crippen LogP) is 14.5. The predicted molar refractivity (Wildman–Crippen MR) is 391 cm³/mol. The van der Waals surface area contributed by atoms with Gasteiger partial charge in [-0.25, -0.2) is 32.4 Å². The van der Waals surface area contributed by atoms with Gasteiger partial charge in [-0.15, -0.1) is 0 Å². The van der Waals surface area contributed by atoms with E-state index in [0.29, 0.717) is 83.4 Å². The molecule has 0 amide bonds. The second-order valence-corrected chi connectivity index (χ2v) is 41.6. The van der Waals surface area contributed by atoms with Crippen molar-refractivity contribution in [1.82, 2.24) is 4.31 Å². The molecule has 12 bridgehead atoms. The van der Waals surface area contributed by atoms with Crippen LogP contribution in [0.4, 0.5) is 35.1 Å². The lowest BCUT2D eigenvalue weighted by Gasteiger charge is -2.59. The van der Waals surface area contributed by atoms with E-state index in [1.165, 1.54) is 75.6 Å². The van der Waals surface area contributed by atoms with E-state index in [4.69, 9.17) is 36.8 Å². The molecular weight excluding hydrogens is 1640 g/mol. The Kier molecular flexibility index (Phi) is 27.0. The highest BCUT2D eigenvalue weighted by Gasteiger charge is 2.83. The maximum absolute atomic E-state index is 13.6. The van der Waals surface area contributed by atoms with Gasteiger partial charge in [0, 0.05) is 18.5 Å². The van der Waals surface area contributed by atoms with Crippen LogP contribution in [-0.4, -0.2) is 160 Å². The number of rotatable bonds is 25. The summed E-state index contributed by atoms with van der Waals surface area (Å²) in [6.45, 7) is 3.18. The maximum Gasteiger partial charge on any atom is 0.465 e. The number of piperidine rings is 1. The van der Waals surface area contributed by atoms with Crippen LogP contribution in [0.5, 0.6) is 11.5 Å². The normalized spacial score (nSPS) is 30.7. The molecule has 2 aromatic rings. The van der Waals surface area contributed by atoms with Crippen LogP contribution >= 0.6 is 0 Å². The number of hydrogen-bond acceptors (Lipinski definition) is 22. The first-order valence-electron chi connectivity index (χ1n) is 39.5. The van der Waals surface area contributed by atoms with Gasteiger partial charge in [0.05, 0.1) is 42.1 Å². The number of carbonyl (C=O) groups is 5. The first-order valence-corrected chi connectivity index (χ1v) is 46.5. The number of nitrogens with zero attached hydrogens (tertiary/aromatic N) is 1. The van der Waals surface area contributed by atoms with Crippen molar-refractivity contribution in [2.24, 2.45) is 82.3 Å². The zero-order valence-electron chi connectivity index (χ0n) is 63.7. The first-order chi connectivity index (χ1) is 53.4. The summed E-state index contributed by atoms with van der Waals surface area (Å²) in [5.74, 6) is -5.56. The fraction of sp³-hybridized carbons (Fsp3) is 0.773. The molecular formula is C75H101F8NO26S5. The summed E-state index contributed by atoms with van der Waals surface area (Å²) in [6.07, 6.45) is 30.9. The van der Waals surface area contributed by atoms with Crippen molar-refractivity contribution >= 4 is 80.9 Å². The molecule has 0 unspecified atom stereocenters. The third-order valence-corrected chi connectivity index (χ3v) is 31.0. The topological polar surface area (TPSA) is 405 Å². The van der Waals surface area contributed by atoms with Crippen molar-refractivity contribution in [3.8, 4) is 11.5 Å². The van der Waals surface area contributed by atoms with Crippen LogP contribution in [0.2, 0.25) is 0 Å². The molecule has 40 heteroatoms. The monoisotopic (exact) mass is 1740 g/mol. The van der Waals surface area contributed by atoms with Crippen LogP contribution < -0.4 is 8.37 Å². The summed E-state index contributed by atoms with van der Waals surface area (Å²) >= 11 is 0. The second-order valence-electron chi connectivity index (χ2n) is 34.7. The average Bonchev–Trinajstić information content (AvgIpc) is 0.725. The number of sulfonamides is 1. The molecule has 14 saturated carbocycles. The molecule has 1 aliphatic heterocycles. The molecule has 0 spiro atoms. The van der Waals surface area contributed by atoms with Gasteiger partial charge in [0.15, 0.2) is 0 Å². The number of benzene rings is 2. The van der Waals surface area contributed by atoms with Crippen LogP contribution in [0.15, 0.2) is 36.4 Å². The number of carbonyl (C=O) groups excluding carboxylic acids is 5.